The van der Waals surface area contributed by atoms with Crippen molar-refractivity contribution in [3.63, 3.8) is 0 Å². The molecular formula is C16H14N2O6S. The molecule has 8 nitrogen and oxygen atoms in total. The first-order valence-corrected chi connectivity index (χ1v) is 8.23. The molecule has 0 saturated carbocycles. The fourth-order valence-corrected chi connectivity index (χ4v) is 3.70. The molecule has 3 rings (SSSR count). The minimum atomic E-state index is -1.35. The number of carboxylic acid groups (broad SMARTS) is 1. The predicted octanol–water partition coefficient (Wildman–Crippen LogP) is 0.351. The van der Waals surface area contributed by atoms with Gasteiger partial charge in [-0.05, 0) is 19.1 Å². The second kappa shape index (κ2) is 6.60. The Balaban J connectivity index is 1.64. The number of aliphatic carboxylic acids is 1. The highest BCUT2D eigenvalue weighted by atomic mass is 32.2. The van der Waals surface area contributed by atoms with Crippen LogP contribution < -0.4 is 10.1 Å². The van der Waals surface area contributed by atoms with E-state index in [-0.39, 0.29) is 17.9 Å². The summed E-state index contributed by atoms with van der Waals surface area (Å²) in [6, 6.07) is 7.74. The van der Waals surface area contributed by atoms with E-state index in [1.807, 2.05) is 0 Å². The fraction of sp³-hybridized carbons (Fsp3) is 0.250. The van der Waals surface area contributed by atoms with Crippen LogP contribution in [-0.2, 0) is 19.2 Å². The van der Waals surface area contributed by atoms with Crippen LogP contribution in [0.3, 0.4) is 0 Å². The van der Waals surface area contributed by atoms with E-state index in [0.717, 1.165) is 16.7 Å². The molecule has 0 bridgehead atoms. The molecular weight excluding hydrogens is 348 g/mol. The number of para-hydroxylation sites is 1. The molecule has 2 amide bonds. The first-order chi connectivity index (χ1) is 11.9. The van der Waals surface area contributed by atoms with Gasteiger partial charge in [-0.25, -0.2) is 4.79 Å². The third kappa shape index (κ3) is 3.10. The molecule has 1 fully saturated rings. The number of nitrogens with zero attached hydrogens (tertiary/aromatic N) is 1. The van der Waals surface area contributed by atoms with Crippen LogP contribution in [0.25, 0.3) is 0 Å². The van der Waals surface area contributed by atoms with Gasteiger partial charge in [0.1, 0.15) is 22.9 Å². The topological polar surface area (TPSA) is 113 Å². The lowest BCUT2D eigenvalue weighted by molar-refractivity contribution is -0.151. The van der Waals surface area contributed by atoms with Crippen molar-refractivity contribution in [1.82, 2.24) is 10.2 Å². The van der Waals surface area contributed by atoms with E-state index in [0.29, 0.717) is 5.75 Å². The number of hydrogen-bond acceptors (Lipinski definition) is 6. The van der Waals surface area contributed by atoms with Crippen LogP contribution >= 0.6 is 11.8 Å². The van der Waals surface area contributed by atoms with Crippen molar-refractivity contribution in [3.05, 3.63) is 41.6 Å². The Morgan fingerprint density at radius 3 is 2.60 bits per heavy atom. The van der Waals surface area contributed by atoms with E-state index in [9.17, 15) is 24.3 Å². The second-order valence-corrected chi connectivity index (χ2v) is 6.52. The molecule has 2 heterocycles. The van der Waals surface area contributed by atoms with Crippen LogP contribution in [0.5, 0.6) is 5.75 Å². The SMILES string of the molecule is CC1=C(C(=O)O)N2C(=O)[C@@H](NC(=O)COc3ccccc3)[C@H]2SC1=O. The van der Waals surface area contributed by atoms with E-state index in [2.05, 4.69) is 5.32 Å². The van der Waals surface area contributed by atoms with E-state index in [1.165, 1.54) is 6.92 Å². The number of nitrogens with one attached hydrogen (secondary N) is 1. The van der Waals surface area contributed by atoms with Gasteiger partial charge in [0, 0.05) is 5.57 Å². The Bertz CT molecular complexity index is 791. The first kappa shape index (κ1) is 17.0. The second-order valence-electron chi connectivity index (χ2n) is 5.43. The van der Waals surface area contributed by atoms with Gasteiger partial charge in [-0.2, -0.15) is 0 Å². The van der Waals surface area contributed by atoms with Crippen LogP contribution in [-0.4, -0.2) is 50.9 Å². The van der Waals surface area contributed by atoms with Gasteiger partial charge in [0.05, 0.1) is 0 Å². The molecule has 9 heteroatoms. The third-order valence-corrected chi connectivity index (χ3v) is 5.05. The van der Waals surface area contributed by atoms with Gasteiger partial charge in [-0.3, -0.25) is 19.3 Å². The van der Waals surface area contributed by atoms with E-state index >= 15 is 0 Å². The number of hydrogen-bond donors (Lipinski definition) is 2. The zero-order valence-corrected chi connectivity index (χ0v) is 13.9. The Morgan fingerprint density at radius 1 is 1.28 bits per heavy atom. The summed E-state index contributed by atoms with van der Waals surface area (Å²) < 4.78 is 5.29. The third-order valence-electron chi connectivity index (χ3n) is 3.81. The molecule has 0 spiro atoms. The molecule has 2 atom stereocenters. The maximum Gasteiger partial charge on any atom is 0.353 e. The average molecular weight is 362 g/mol. The summed E-state index contributed by atoms with van der Waals surface area (Å²) in [7, 11) is 0. The van der Waals surface area contributed by atoms with E-state index < -0.39 is 34.3 Å². The van der Waals surface area contributed by atoms with Crippen molar-refractivity contribution in [2.24, 2.45) is 0 Å². The van der Waals surface area contributed by atoms with Gasteiger partial charge < -0.3 is 15.2 Å². The highest BCUT2D eigenvalue weighted by Crippen LogP contribution is 2.40. The van der Waals surface area contributed by atoms with Gasteiger partial charge >= 0.3 is 5.97 Å². The highest BCUT2D eigenvalue weighted by Gasteiger charge is 2.55. The smallest absolute Gasteiger partial charge is 0.353 e. The molecule has 2 aliphatic heterocycles. The van der Waals surface area contributed by atoms with E-state index in [4.69, 9.17) is 4.74 Å². The van der Waals surface area contributed by atoms with Crippen LogP contribution in [0.15, 0.2) is 41.6 Å². The van der Waals surface area contributed by atoms with Crippen molar-refractivity contribution in [1.29, 1.82) is 0 Å². The maximum absolute atomic E-state index is 12.2. The summed E-state index contributed by atoms with van der Waals surface area (Å²) in [6.45, 7) is 1.07. The van der Waals surface area contributed by atoms with Gasteiger partial charge in [0.25, 0.3) is 11.8 Å². The average Bonchev–Trinajstić information content (AvgIpc) is 2.60. The lowest BCUT2D eigenvalue weighted by Crippen LogP contribution is -2.71. The number of ether oxygens (including phenoxy) is 1. The van der Waals surface area contributed by atoms with Gasteiger partial charge in [-0.1, -0.05) is 30.0 Å². The standard InChI is InChI=1S/C16H14N2O6S/c1-8-12(15(21)22)18-13(20)11(14(18)25-16(8)23)17-10(19)7-24-9-5-3-2-4-6-9/h2-6,11,14H,7H2,1H3,(H,17,19)(H,21,22)/t11-,14-/m1/s1. The molecule has 2 N–H and O–H groups in total. The molecule has 25 heavy (non-hydrogen) atoms. The van der Waals surface area contributed by atoms with Crippen LogP contribution in [0.2, 0.25) is 0 Å². The number of amides is 2. The Kier molecular flexibility index (Phi) is 4.49. The van der Waals surface area contributed by atoms with Crippen molar-refractivity contribution in [2.45, 2.75) is 18.3 Å². The molecule has 130 valence electrons. The quantitative estimate of drug-likeness (QED) is 0.727. The number of carboxylic acids is 1. The number of rotatable bonds is 5. The molecule has 1 saturated heterocycles. The predicted molar refractivity (Wildman–Crippen MR) is 87.4 cm³/mol. The fourth-order valence-electron chi connectivity index (χ4n) is 2.57. The molecule has 0 radical (unpaired) electrons. The van der Waals surface area contributed by atoms with Crippen LogP contribution in [0.1, 0.15) is 6.92 Å². The summed E-state index contributed by atoms with van der Waals surface area (Å²) in [6.07, 6.45) is 0. The highest BCUT2D eigenvalue weighted by molar-refractivity contribution is 8.14. The Labute approximate surface area is 146 Å². The monoisotopic (exact) mass is 362 g/mol. The first-order valence-electron chi connectivity index (χ1n) is 7.35. The number of benzene rings is 1. The van der Waals surface area contributed by atoms with Crippen molar-refractivity contribution >= 4 is 34.7 Å². The Morgan fingerprint density at radius 2 is 1.96 bits per heavy atom. The Hall–Kier alpha value is -2.81. The number of carbonyl (C=O) groups excluding carboxylic acids is 3. The van der Waals surface area contributed by atoms with Crippen molar-refractivity contribution < 1.29 is 29.0 Å². The summed E-state index contributed by atoms with van der Waals surface area (Å²) >= 11 is 0.823. The van der Waals surface area contributed by atoms with E-state index in [1.54, 1.807) is 30.3 Å². The maximum atomic E-state index is 12.2. The van der Waals surface area contributed by atoms with Gasteiger partial charge in [0.2, 0.25) is 5.12 Å². The lowest BCUT2D eigenvalue weighted by atomic mass is 10.0. The molecule has 1 aromatic rings. The molecule has 0 aliphatic carbocycles. The number of thioether (sulfide) groups is 1. The van der Waals surface area contributed by atoms with Crippen LogP contribution in [0.4, 0.5) is 0 Å². The molecule has 0 unspecified atom stereocenters. The van der Waals surface area contributed by atoms with Crippen LogP contribution in [0, 0.1) is 0 Å². The zero-order chi connectivity index (χ0) is 18.1. The number of β-lactam (4-membered cyclic amide) rings is 1. The normalized spacial score (nSPS) is 22.2. The zero-order valence-electron chi connectivity index (χ0n) is 13.1. The summed E-state index contributed by atoms with van der Waals surface area (Å²) in [5.41, 5.74) is -0.316. The number of carbonyl (C=O) groups is 4. The largest absolute Gasteiger partial charge is 0.484 e. The minimum absolute atomic E-state index is 0.0132. The summed E-state index contributed by atoms with van der Waals surface area (Å²) in [4.78, 5) is 48.5. The summed E-state index contributed by atoms with van der Waals surface area (Å²) in [5, 5.41) is 10.5. The molecule has 2 aliphatic rings. The van der Waals surface area contributed by atoms with Gasteiger partial charge in [0.15, 0.2) is 6.61 Å². The van der Waals surface area contributed by atoms with Gasteiger partial charge in [-0.15, -0.1) is 0 Å². The number of fused-ring (bicyclic) bond motifs is 1. The summed E-state index contributed by atoms with van der Waals surface area (Å²) in [5.74, 6) is -1.93. The molecule has 0 aromatic heterocycles. The van der Waals surface area contributed by atoms with Crippen molar-refractivity contribution in [3.8, 4) is 5.75 Å². The molecule has 1 aromatic carbocycles. The van der Waals surface area contributed by atoms with Crippen molar-refractivity contribution in [2.75, 3.05) is 6.61 Å². The minimum Gasteiger partial charge on any atom is -0.484 e. The lowest BCUT2D eigenvalue weighted by Gasteiger charge is -2.48.